The molecule has 4 heterocycles. The van der Waals surface area contributed by atoms with Gasteiger partial charge in [-0.3, -0.25) is 14.7 Å². The van der Waals surface area contributed by atoms with E-state index in [0.29, 0.717) is 31.7 Å². The fourth-order valence-corrected chi connectivity index (χ4v) is 4.99. The zero-order valence-corrected chi connectivity index (χ0v) is 17.5. The normalized spacial score (nSPS) is 24.6. The van der Waals surface area contributed by atoms with Crippen LogP contribution in [0.4, 0.5) is 0 Å². The molecule has 31 heavy (non-hydrogen) atoms. The van der Waals surface area contributed by atoms with E-state index in [4.69, 9.17) is 9.72 Å². The number of likely N-dealkylation sites (tertiary alicyclic amines) is 1. The number of nitrogens with zero attached hydrogens (tertiary/aromatic N) is 5. The minimum Gasteiger partial charge on any atom is -0.481 e. The van der Waals surface area contributed by atoms with Crippen LogP contribution in [-0.4, -0.2) is 56.3 Å². The molecular formula is C23H25N5O3. The first-order chi connectivity index (χ1) is 15.0. The molecule has 8 heteroatoms. The van der Waals surface area contributed by atoms with Crippen molar-refractivity contribution < 1.29 is 14.6 Å². The van der Waals surface area contributed by atoms with Crippen molar-refractivity contribution in [1.29, 1.82) is 5.26 Å². The average molecular weight is 419 g/mol. The molecule has 2 unspecified atom stereocenters. The first kappa shape index (κ1) is 19.9. The molecule has 1 N–H and O–H groups in total. The summed E-state index contributed by atoms with van der Waals surface area (Å²) >= 11 is 0. The molecule has 2 fully saturated rings. The van der Waals surface area contributed by atoms with Crippen LogP contribution < -0.4 is 0 Å². The van der Waals surface area contributed by atoms with E-state index in [1.165, 1.54) is 0 Å². The third kappa shape index (κ3) is 3.64. The van der Waals surface area contributed by atoms with Crippen LogP contribution in [0.15, 0.2) is 24.4 Å². The minimum atomic E-state index is -0.728. The first-order valence-corrected chi connectivity index (χ1v) is 10.8. The molecule has 160 valence electrons. The third-order valence-corrected chi connectivity index (χ3v) is 6.53. The second-order valence-electron chi connectivity index (χ2n) is 8.65. The van der Waals surface area contributed by atoms with E-state index < -0.39 is 5.97 Å². The van der Waals surface area contributed by atoms with Crippen LogP contribution in [0.25, 0.3) is 21.9 Å². The smallest absolute Gasteiger partial charge is 0.307 e. The number of hydrogen-bond acceptors (Lipinski definition) is 6. The van der Waals surface area contributed by atoms with E-state index >= 15 is 0 Å². The van der Waals surface area contributed by atoms with Crippen molar-refractivity contribution in [2.45, 2.75) is 44.9 Å². The van der Waals surface area contributed by atoms with Crippen LogP contribution in [0.1, 0.15) is 43.6 Å². The number of carbonyl (C=O) groups is 1. The molecule has 2 aromatic heterocycles. The Bertz CT molecular complexity index is 1200. The summed E-state index contributed by atoms with van der Waals surface area (Å²) in [5.41, 5.74) is 3.25. The third-order valence-electron chi connectivity index (χ3n) is 6.53. The second-order valence-corrected chi connectivity index (χ2v) is 8.65. The highest BCUT2D eigenvalue weighted by atomic mass is 16.5. The van der Waals surface area contributed by atoms with Crippen molar-refractivity contribution in [2.24, 2.45) is 5.92 Å². The van der Waals surface area contributed by atoms with Crippen LogP contribution in [0.2, 0.25) is 0 Å². The monoisotopic (exact) mass is 419 g/mol. The zero-order valence-electron chi connectivity index (χ0n) is 17.5. The fraction of sp³-hybridized carbons (Fsp3) is 0.478. The van der Waals surface area contributed by atoms with Crippen molar-refractivity contribution in [3.05, 3.63) is 35.8 Å². The van der Waals surface area contributed by atoms with Crippen molar-refractivity contribution in [2.75, 3.05) is 19.7 Å². The average Bonchev–Trinajstić information content (AvgIpc) is 3.38. The minimum absolute atomic E-state index is 0.162. The van der Waals surface area contributed by atoms with Gasteiger partial charge >= 0.3 is 5.97 Å². The van der Waals surface area contributed by atoms with Crippen molar-refractivity contribution in [1.82, 2.24) is 19.4 Å². The predicted molar refractivity (Wildman–Crippen MR) is 114 cm³/mol. The molecule has 5 rings (SSSR count). The van der Waals surface area contributed by atoms with Gasteiger partial charge in [0.15, 0.2) is 0 Å². The zero-order chi connectivity index (χ0) is 21.5. The van der Waals surface area contributed by atoms with Gasteiger partial charge in [-0.2, -0.15) is 5.26 Å². The lowest BCUT2D eigenvalue weighted by molar-refractivity contribution is -0.141. The number of benzene rings is 1. The van der Waals surface area contributed by atoms with Crippen LogP contribution in [0.3, 0.4) is 0 Å². The molecule has 3 atom stereocenters. The number of fused-ring (bicyclic) bond motifs is 3. The Labute approximate surface area is 180 Å². The Balaban J connectivity index is 1.64. The van der Waals surface area contributed by atoms with Gasteiger partial charge in [0.05, 0.1) is 47.4 Å². The Hall–Kier alpha value is -3.02. The number of nitriles is 1. The molecule has 3 aromatic rings. The van der Waals surface area contributed by atoms with E-state index in [9.17, 15) is 15.2 Å². The van der Waals surface area contributed by atoms with Crippen LogP contribution >= 0.6 is 0 Å². The Kier molecular flexibility index (Phi) is 5.08. The van der Waals surface area contributed by atoms with Crippen LogP contribution in [-0.2, 0) is 16.1 Å². The second kappa shape index (κ2) is 7.91. The molecular weight excluding hydrogens is 394 g/mol. The van der Waals surface area contributed by atoms with Crippen molar-refractivity contribution >= 4 is 27.9 Å². The number of carboxylic acids is 1. The summed E-state index contributed by atoms with van der Waals surface area (Å²) in [6.45, 7) is 4.68. The molecule has 2 aliphatic heterocycles. The number of pyridine rings is 1. The summed E-state index contributed by atoms with van der Waals surface area (Å²) in [5, 5.41) is 19.7. The summed E-state index contributed by atoms with van der Waals surface area (Å²) < 4.78 is 8.10. The number of aromatic nitrogens is 3. The molecule has 8 nitrogen and oxygen atoms in total. The quantitative estimate of drug-likeness (QED) is 0.693. The maximum atomic E-state index is 11.4. The molecule has 0 bridgehead atoms. The fourth-order valence-electron chi connectivity index (χ4n) is 4.99. The SMILES string of the molecule is C[C@@H]1CC(n2c(CN3CCC(C(=O)O)C3)nc3cnc4ccc(C#N)cc4c32)CCO1. The van der Waals surface area contributed by atoms with E-state index in [-0.39, 0.29) is 18.1 Å². The lowest BCUT2D eigenvalue weighted by atomic mass is 10.0. The summed E-state index contributed by atoms with van der Waals surface area (Å²) in [7, 11) is 0. The predicted octanol–water partition coefficient (Wildman–Crippen LogP) is 3.10. The van der Waals surface area contributed by atoms with Crippen LogP contribution in [0, 0.1) is 17.2 Å². The van der Waals surface area contributed by atoms with Crippen molar-refractivity contribution in [3.8, 4) is 6.07 Å². The molecule has 1 aromatic carbocycles. The van der Waals surface area contributed by atoms with E-state index in [1.807, 2.05) is 12.1 Å². The Morgan fingerprint density at radius 1 is 1.35 bits per heavy atom. The highest BCUT2D eigenvalue weighted by molar-refractivity contribution is 6.02. The maximum absolute atomic E-state index is 11.4. The summed E-state index contributed by atoms with van der Waals surface area (Å²) in [6, 6.07) is 8.03. The summed E-state index contributed by atoms with van der Waals surface area (Å²) in [5.74, 6) is -0.119. The standard InChI is InChI=1S/C23H25N5O3/c1-14-8-17(5-7-31-14)28-21(13-27-6-4-16(12-27)23(29)30)26-20-11-25-19-3-2-15(10-24)9-18(19)22(20)28/h2-3,9,11,14,16-17H,4-8,12-13H2,1H3,(H,29,30)/t14-,16?,17?/m1/s1. The lowest BCUT2D eigenvalue weighted by Crippen LogP contribution is -2.29. The lowest BCUT2D eigenvalue weighted by Gasteiger charge is -2.30. The number of aliphatic carboxylic acids is 1. The van der Waals surface area contributed by atoms with Gasteiger partial charge in [-0.1, -0.05) is 0 Å². The maximum Gasteiger partial charge on any atom is 0.307 e. The van der Waals surface area contributed by atoms with E-state index in [1.54, 1.807) is 12.3 Å². The number of carboxylic acid groups (broad SMARTS) is 1. The molecule has 2 aliphatic rings. The number of hydrogen-bond donors (Lipinski definition) is 1. The molecule has 0 amide bonds. The highest BCUT2D eigenvalue weighted by Crippen LogP contribution is 2.34. The topological polar surface area (TPSA) is 104 Å². The van der Waals surface area contributed by atoms with Gasteiger partial charge in [0.2, 0.25) is 0 Å². The van der Waals surface area contributed by atoms with Gasteiger partial charge in [-0.05, 0) is 50.9 Å². The van der Waals surface area contributed by atoms with Gasteiger partial charge < -0.3 is 14.4 Å². The van der Waals surface area contributed by atoms with Gasteiger partial charge in [-0.25, -0.2) is 4.98 Å². The molecule has 2 saturated heterocycles. The number of rotatable bonds is 4. The van der Waals surface area contributed by atoms with Gasteiger partial charge in [0, 0.05) is 24.6 Å². The van der Waals surface area contributed by atoms with Gasteiger partial charge in [0.25, 0.3) is 0 Å². The van der Waals surface area contributed by atoms with Gasteiger partial charge in [-0.15, -0.1) is 0 Å². The van der Waals surface area contributed by atoms with Crippen molar-refractivity contribution in [3.63, 3.8) is 0 Å². The summed E-state index contributed by atoms with van der Waals surface area (Å²) in [4.78, 5) is 23.1. The molecule has 0 aliphatic carbocycles. The van der Waals surface area contributed by atoms with Crippen LogP contribution in [0.5, 0.6) is 0 Å². The van der Waals surface area contributed by atoms with E-state index in [0.717, 1.165) is 47.1 Å². The largest absolute Gasteiger partial charge is 0.481 e. The number of ether oxygens (including phenoxy) is 1. The van der Waals surface area contributed by atoms with E-state index in [2.05, 4.69) is 27.4 Å². The molecule has 0 spiro atoms. The summed E-state index contributed by atoms with van der Waals surface area (Å²) in [6.07, 6.45) is 4.41. The first-order valence-electron chi connectivity index (χ1n) is 10.8. The van der Waals surface area contributed by atoms with Gasteiger partial charge in [0.1, 0.15) is 11.3 Å². The number of imidazole rings is 1. The molecule has 0 saturated carbocycles. The highest BCUT2D eigenvalue weighted by Gasteiger charge is 2.31. The molecule has 0 radical (unpaired) electrons. The Morgan fingerprint density at radius 2 is 2.23 bits per heavy atom. The Morgan fingerprint density at radius 3 is 2.97 bits per heavy atom.